The molecule has 1 fully saturated rings. The van der Waals surface area contributed by atoms with Crippen LogP contribution in [0.4, 0.5) is 8.78 Å². The van der Waals surface area contributed by atoms with Crippen molar-refractivity contribution in [1.29, 1.82) is 0 Å². The van der Waals surface area contributed by atoms with Crippen molar-refractivity contribution in [3.63, 3.8) is 0 Å². The average Bonchev–Trinajstić information content (AvgIpc) is 3.32. The highest BCUT2D eigenvalue weighted by atomic mass is 32.2. The van der Waals surface area contributed by atoms with Gasteiger partial charge in [0.15, 0.2) is 16.5 Å². The van der Waals surface area contributed by atoms with Crippen LogP contribution in [-0.4, -0.2) is 35.4 Å². The number of nitrogens with zero attached hydrogens (tertiary/aromatic N) is 4. The van der Waals surface area contributed by atoms with E-state index in [0.29, 0.717) is 39.3 Å². The van der Waals surface area contributed by atoms with Gasteiger partial charge in [0.05, 0.1) is 28.3 Å². The van der Waals surface area contributed by atoms with Crippen LogP contribution in [0.2, 0.25) is 0 Å². The fraction of sp³-hybridized carbons (Fsp3) is 0.200. The van der Waals surface area contributed by atoms with Gasteiger partial charge in [-0.15, -0.1) is 27.8 Å². The lowest BCUT2D eigenvalue weighted by Crippen LogP contribution is -2.14. The van der Waals surface area contributed by atoms with Gasteiger partial charge in [-0.25, -0.2) is 28.2 Å². The Labute approximate surface area is 256 Å². The van der Waals surface area contributed by atoms with Crippen molar-refractivity contribution in [2.75, 3.05) is 0 Å². The predicted octanol–water partition coefficient (Wildman–Crippen LogP) is 5.66. The molecule has 1 aliphatic rings. The molecule has 1 unspecified atom stereocenters. The smallest absolute Gasteiger partial charge is 0.355 e. The zero-order valence-corrected chi connectivity index (χ0v) is 25.1. The molecule has 3 aromatic heterocycles. The van der Waals surface area contributed by atoms with Crippen LogP contribution >= 0.6 is 22.7 Å². The van der Waals surface area contributed by atoms with Gasteiger partial charge in [-0.05, 0) is 73.9 Å². The number of aryl methyl sites for hydroxylation is 1. The van der Waals surface area contributed by atoms with E-state index in [2.05, 4.69) is 21.8 Å². The first-order chi connectivity index (χ1) is 20.7. The first-order valence-electron chi connectivity index (χ1n) is 13.1. The summed E-state index contributed by atoms with van der Waals surface area (Å²) in [5, 5.41) is 22.2. The van der Waals surface area contributed by atoms with Crippen molar-refractivity contribution in [3.8, 4) is 28.2 Å². The Bertz CT molecular complexity index is 1920. The van der Waals surface area contributed by atoms with Gasteiger partial charge in [0.1, 0.15) is 5.82 Å². The highest BCUT2D eigenvalue weighted by Crippen LogP contribution is 2.38. The Hall–Kier alpha value is -3.93. The molecule has 0 spiro atoms. The van der Waals surface area contributed by atoms with Gasteiger partial charge >= 0.3 is 5.97 Å². The van der Waals surface area contributed by atoms with E-state index in [0.717, 1.165) is 40.3 Å². The largest absolute Gasteiger partial charge is 0.593 e. The van der Waals surface area contributed by atoms with Gasteiger partial charge in [-0.3, -0.25) is 0 Å². The van der Waals surface area contributed by atoms with Crippen molar-refractivity contribution in [1.82, 2.24) is 19.7 Å². The molecule has 218 valence electrons. The minimum atomic E-state index is -1.97. The van der Waals surface area contributed by atoms with Crippen molar-refractivity contribution >= 4 is 40.0 Å². The van der Waals surface area contributed by atoms with Crippen molar-refractivity contribution in [3.05, 3.63) is 97.6 Å². The third-order valence-corrected chi connectivity index (χ3v) is 9.33. The summed E-state index contributed by atoms with van der Waals surface area (Å²) < 4.78 is 43.1. The molecule has 3 N–H and O–H groups in total. The van der Waals surface area contributed by atoms with Crippen molar-refractivity contribution < 1.29 is 23.2 Å². The topological polar surface area (TPSA) is 130 Å². The van der Waals surface area contributed by atoms with Crippen LogP contribution in [0.1, 0.15) is 55.6 Å². The molecule has 1 atom stereocenters. The number of carboxylic acid groups (broad SMARTS) is 1. The van der Waals surface area contributed by atoms with Gasteiger partial charge in [0, 0.05) is 34.0 Å². The summed E-state index contributed by atoms with van der Waals surface area (Å²) in [5.41, 5.74) is 3.34. The summed E-state index contributed by atoms with van der Waals surface area (Å²) in [6.07, 6.45) is 4.68. The van der Waals surface area contributed by atoms with Crippen LogP contribution in [0.3, 0.4) is 0 Å². The molecule has 5 aromatic rings. The molecular weight excluding hydrogens is 613 g/mol. The third kappa shape index (κ3) is 6.39. The Kier molecular flexibility index (Phi) is 8.13. The maximum atomic E-state index is 14.9. The first-order valence-corrected chi connectivity index (χ1v) is 16.1. The normalized spacial score (nSPS) is 13.5. The standard InChI is InChI=1S/C30H23F2N5O3S3/c1-16-14-34-27(42-16)9-6-19-13-20(5-7-22(19)31)28-21(10-18-4-8-26(43(33)40)23(32)11-18)25(12-17-2-3-17)37(36-28)30-35-24(15-41-30)29(38)39/h4-5,7-8,11,13-15,17H,2-3,10,12,33H2,1H3,(H,38,39). The fourth-order valence-electron chi connectivity index (χ4n) is 4.65. The van der Waals surface area contributed by atoms with Gasteiger partial charge in [0.25, 0.3) is 0 Å². The summed E-state index contributed by atoms with van der Waals surface area (Å²) in [6, 6.07) is 8.91. The van der Waals surface area contributed by atoms with E-state index in [1.165, 1.54) is 34.9 Å². The number of carboxylic acids is 1. The lowest BCUT2D eigenvalue weighted by Gasteiger charge is -2.10. The van der Waals surface area contributed by atoms with Crippen molar-refractivity contribution in [2.45, 2.75) is 37.5 Å². The predicted molar refractivity (Wildman–Crippen MR) is 161 cm³/mol. The van der Waals surface area contributed by atoms with E-state index in [1.807, 2.05) is 6.92 Å². The van der Waals surface area contributed by atoms with Crippen LogP contribution in [0, 0.1) is 36.3 Å². The zero-order valence-electron chi connectivity index (χ0n) is 22.6. The molecule has 2 aromatic carbocycles. The van der Waals surface area contributed by atoms with E-state index < -0.39 is 29.0 Å². The van der Waals surface area contributed by atoms with E-state index in [1.54, 1.807) is 29.1 Å². The highest BCUT2D eigenvalue weighted by Gasteiger charge is 2.30. The third-order valence-electron chi connectivity index (χ3n) is 6.92. The molecule has 1 aliphatic carbocycles. The molecule has 0 amide bonds. The summed E-state index contributed by atoms with van der Waals surface area (Å²) in [5.74, 6) is 3.88. The van der Waals surface area contributed by atoms with E-state index in [4.69, 9.17) is 10.2 Å². The summed E-state index contributed by atoms with van der Waals surface area (Å²) in [4.78, 5) is 21.0. The molecule has 0 aliphatic heterocycles. The molecule has 6 rings (SSSR count). The summed E-state index contributed by atoms with van der Waals surface area (Å²) in [6.45, 7) is 1.91. The molecule has 3 heterocycles. The lowest BCUT2D eigenvalue weighted by molar-refractivity contribution is 0.0691. The number of aromatic nitrogens is 4. The lowest BCUT2D eigenvalue weighted by atomic mass is 9.96. The van der Waals surface area contributed by atoms with Crippen LogP contribution in [0.25, 0.3) is 16.4 Å². The number of aromatic carboxylic acids is 1. The number of nitrogens with two attached hydrogens (primary N) is 1. The van der Waals surface area contributed by atoms with E-state index in [-0.39, 0.29) is 22.6 Å². The molecular formula is C30H23F2N5O3S3. The van der Waals surface area contributed by atoms with Gasteiger partial charge in [0.2, 0.25) is 10.0 Å². The minimum Gasteiger partial charge on any atom is -0.593 e. The SMILES string of the molecule is Cc1cnc(C#Cc2cc(-c3nn(-c4nc(C(=O)O)cs4)c(CC4CC4)c3Cc3ccc([S+](N)[O-])c(F)c3)ccc2F)s1. The number of hydrogen-bond acceptors (Lipinski definition) is 8. The maximum Gasteiger partial charge on any atom is 0.355 e. The Morgan fingerprint density at radius 1 is 1.21 bits per heavy atom. The van der Waals surface area contributed by atoms with E-state index in [9.17, 15) is 23.2 Å². The minimum absolute atomic E-state index is 0.0971. The van der Waals surface area contributed by atoms with Gasteiger partial charge in [-0.2, -0.15) is 5.10 Å². The molecule has 13 heteroatoms. The Morgan fingerprint density at radius 3 is 2.67 bits per heavy atom. The second kappa shape index (κ2) is 12.0. The number of halogens is 2. The quantitative estimate of drug-likeness (QED) is 0.166. The molecule has 1 saturated carbocycles. The Morgan fingerprint density at radius 2 is 2.02 bits per heavy atom. The van der Waals surface area contributed by atoms with Crippen LogP contribution in [0.15, 0.2) is 52.9 Å². The number of thiazole rings is 2. The van der Waals surface area contributed by atoms with E-state index >= 15 is 0 Å². The molecule has 0 saturated heterocycles. The van der Waals surface area contributed by atoms with Crippen LogP contribution in [0.5, 0.6) is 0 Å². The molecule has 0 radical (unpaired) electrons. The van der Waals surface area contributed by atoms with Crippen LogP contribution < -0.4 is 5.14 Å². The second-order valence-corrected chi connectivity index (χ2v) is 13.2. The highest BCUT2D eigenvalue weighted by molar-refractivity contribution is 7.89. The summed E-state index contributed by atoms with van der Waals surface area (Å²) in [7, 11) is 0. The Balaban J connectivity index is 1.50. The molecule has 0 bridgehead atoms. The second-order valence-electron chi connectivity index (χ2n) is 10.1. The van der Waals surface area contributed by atoms with Gasteiger partial charge in [-0.1, -0.05) is 12.0 Å². The first kappa shape index (κ1) is 29.2. The number of hydrogen-bond donors (Lipinski definition) is 2. The fourth-order valence-corrected chi connectivity index (χ4v) is 6.49. The van der Waals surface area contributed by atoms with Crippen LogP contribution in [-0.2, 0) is 24.2 Å². The summed E-state index contributed by atoms with van der Waals surface area (Å²) >= 11 is 0.587. The monoisotopic (exact) mass is 635 g/mol. The van der Waals surface area contributed by atoms with Gasteiger partial charge < -0.3 is 9.66 Å². The molecule has 43 heavy (non-hydrogen) atoms. The maximum absolute atomic E-state index is 14.9. The number of benzene rings is 2. The number of carbonyl (C=O) groups is 1. The number of rotatable bonds is 8. The van der Waals surface area contributed by atoms with Crippen molar-refractivity contribution in [2.24, 2.45) is 11.1 Å². The average molecular weight is 636 g/mol. The zero-order chi connectivity index (χ0) is 30.2. The molecule has 8 nitrogen and oxygen atoms in total.